The summed E-state index contributed by atoms with van der Waals surface area (Å²) in [7, 11) is -3.93. The van der Waals surface area contributed by atoms with Gasteiger partial charge in [0.2, 0.25) is 0 Å². The van der Waals surface area contributed by atoms with E-state index >= 15 is 0 Å². The second kappa shape index (κ2) is 8.17. The molecule has 6 nitrogen and oxygen atoms in total. The minimum atomic E-state index is -3.93. The van der Waals surface area contributed by atoms with Crippen LogP contribution in [0, 0.1) is 0 Å². The predicted molar refractivity (Wildman–Crippen MR) is 100 cm³/mol. The fraction of sp³-hybridized carbons (Fsp3) is 0.300. The molecule has 0 saturated heterocycles. The van der Waals surface area contributed by atoms with Crippen molar-refractivity contribution in [3.8, 4) is 5.75 Å². The van der Waals surface area contributed by atoms with Crippen LogP contribution in [0.3, 0.4) is 0 Å². The number of ether oxygens (including phenoxy) is 1. The molecule has 0 N–H and O–H groups in total. The molecule has 0 bridgehead atoms. The van der Waals surface area contributed by atoms with Crippen LogP contribution in [0.1, 0.15) is 35.7 Å². The number of rotatable bonds is 7. The number of hydrogen-bond acceptors (Lipinski definition) is 6. The lowest BCUT2D eigenvalue weighted by atomic mass is 9.85. The van der Waals surface area contributed by atoms with E-state index in [1.54, 1.807) is 68.4 Å². The van der Waals surface area contributed by atoms with Gasteiger partial charge >= 0.3 is 13.6 Å². The molecule has 2 aromatic carbocycles. The Hall–Kier alpha value is -2.27. The van der Waals surface area contributed by atoms with Gasteiger partial charge in [0.1, 0.15) is 5.75 Å². The smallest absolute Gasteiger partial charge is 0.346 e. The van der Waals surface area contributed by atoms with E-state index in [1.807, 2.05) is 0 Å². The predicted octanol–water partition coefficient (Wildman–Crippen LogP) is 4.21. The maximum Gasteiger partial charge on any atom is 0.346 e. The molecule has 7 heteroatoms. The van der Waals surface area contributed by atoms with Crippen LogP contribution < -0.4 is 4.74 Å². The Morgan fingerprint density at radius 1 is 1.00 bits per heavy atom. The molecule has 0 aliphatic carbocycles. The standard InChI is InChI=1S/C20H21O6P/c1-3-24-27(23,25-4-2)19-17(18(21)14-10-6-5-7-11-14)15-12-8-9-13-16(15)26-20(19)22/h5-13,17,19H,3-4H2,1-2H3/t17-,19+/m1/s1. The lowest BCUT2D eigenvalue weighted by Gasteiger charge is -2.34. The number of ketones is 1. The second-order valence-corrected chi connectivity index (χ2v) is 8.14. The zero-order chi connectivity index (χ0) is 19.4. The highest BCUT2D eigenvalue weighted by molar-refractivity contribution is 7.55. The van der Waals surface area contributed by atoms with Gasteiger partial charge in [0.05, 0.1) is 19.1 Å². The van der Waals surface area contributed by atoms with Gasteiger partial charge in [-0.3, -0.25) is 14.2 Å². The highest BCUT2D eigenvalue weighted by Crippen LogP contribution is 2.60. The molecule has 1 aliphatic heterocycles. The third kappa shape index (κ3) is 3.74. The summed E-state index contributed by atoms with van der Waals surface area (Å²) in [6, 6.07) is 15.3. The van der Waals surface area contributed by atoms with E-state index in [-0.39, 0.29) is 24.7 Å². The van der Waals surface area contributed by atoms with Gasteiger partial charge < -0.3 is 13.8 Å². The Kier molecular flexibility index (Phi) is 5.90. The molecule has 3 rings (SSSR count). The Morgan fingerprint density at radius 3 is 2.22 bits per heavy atom. The summed E-state index contributed by atoms with van der Waals surface area (Å²) in [6.45, 7) is 3.47. The van der Waals surface area contributed by atoms with Gasteiger partial charge in [0, 0.05) is 11.1 Å². The third-order valence-corrected chi connectivity index (χ3v) is 6.75. The molecule has 27 heavy (non-hydrogen) atoms. The van der Waals surface area contributed by atoms with Crippen LogP contribution in [0.2, 0.25) is 0 Å². The number of carbonyl (C=O) groups excluding carboxylic acids is 2. The summed E-state index contributed by atoms with van der Waals surface area (Å²) in [5.74, 6) is -1.85. The Balaban J connectivity index is 2.16. The summed E-state index contributed by atoms with van der Waals surface area (Å²) in [6.07, 6.45) is 0. The lowest BCUT2D eigenvalue weighted by molar-refractivity contribution is -0.135. The second-order valence-electron chi connectivity index (χ2n) is 5.99. The molecule has 2 atom stereocenters. The lowest BCUT2D eigenvalue weighted by Crippen LogP contribution is -2.41. The minimum absolute atomic E-state index is 0.0783. The summed E-state index contributed by atoms with van der Waals surface area (Å²) in [4.78, 5) is 26.1. The topological polar surface area (TPSA) is 78.9 Å². The molecule has 142 valence electrons. The number of carbonyl (C=O) groups is 2. The summed E-state index contributed by atoms with van der Waals surface area (Å²) in [5, 5.41) is 0. The van der Waals surface area contributed by atoms with Crippen LogP contribution in [0.4, 0.5) is 0 Å². The van der Waals surface area contributed by atoms with Crippen LogP contribution in [0.25, 0.3) is 0 Å². The van der Waals surface area contributed by atoms with E-state index in [0.29, 0.717) is 11.1 Å². The molecule has 0 aromatic heterocycles. The molecule has 0 spiro atoms. The Morgan fingerprint density at radius 2 is 1.59 bits per heavy atom. The normalized spacial score (nSPS) is 19.3. The molecule has 1 heterocycles. The summed E-state index contributed by atoms with van der Waals surface area (Å²) >= 11 is 0. The van der Waals surface area contributed by atoms with E-state index in [9.17, 15) is 14.2 Å². The molecular formula is C20H21O6P. The van der Waals surface area contributed by atoms with Crippen LogP contribution in [0.5, 0.6) is 5.75 Å². The fourth-order valence-corrected chi connectivity index (χ4v) is 5.33. The molecule has 0 unspecified atom stereocenters. The van der Waals surface area contributed by atoms with Crippen molar-refractivity contribution in [3.05, 3.63) is 65.7 Å². The first kappa shape index (κ1) is 19.5. The highest BCUT2D eigenvalue weighted by atomic mass is 31.2. The molecule has 2 aromatic rings. The average Bonchev–Trinajstić information content (AvgIpc) is 2.67. The van der Waals surface area contributed by atoms with Crippen molar-refractivity contribution in [1.82, 2.24) is 0 Å². The highest BCUT2D eigenvalue weighted by Gasteiger charge is 2.54. The Bertz CT molecular complexity index is 869. The van der Waals surface area contributed by atoms with Crippen molar-refractivity contribution in [2.45, 2.75) is 25.4 Å². The van der Waals surface area contributed by atoms with Gasteiger partial charge in [-0.2, -0.15) is 0 Å². The molecular weight excluding hydrogens is 367 g/mol. The van der Waals surface area contributed by atoms with Crippen molar-refractivity contribution in [3.63, 3.8) is 0 Å². The van der Waals surface area contributed by atoms with Gasteiger partial charge in [-0.05, 0) is 19.9 Å². The van der Waals surface area contributed by atoms with E-state index < -0.39 is 25.1 Å². The maximum atomic E-state index is 13.4. The monoisotopic (exact) mass is 388 g/mol. The maximum absolute atomic E-state index is 13.4. The third-order valence-electron chi connectivity index (χ3n) is 4.32. The van der Waals surface area contributed by atoms with Crippen molar-refractivity contribution in [2.24, 2.45) is 0 Å². The Labute approximate surface area is 158 Å². The number of Topliss-reactive ketones (excluding diaryl/α,β-unsaturated/α-hetero) is 1. The van der Waals surface area contributed by atoms with Gasteiger partial charge in [0.25, 0.3) is 0 Å². The van der Waals surface area contributed by atoms with E-state index in [1.165, 1.54) is 0 Å². The number of fused-ring (bicyclic) bond motifs is 1. The first-order chi connectivity index (χ1) is 13.0. The zero-order valence-electron chi connectivity index (χ0n) is 15.2. The van der Waals surface area contributed by atoms with E-state index in [0.717, 1.165) is 0 Å². The molecule has 0 saturated carbocycles. The first-order valence-electron chi connectivity index (χ1n) is 8.80. The molecule has 0 radical (unpaired) electrons. The zero-order valence-corrected chi connectivity index (χ0v) is 16.1. The quantitative estimate of drug-likeness (QED) is 0.306. The van der Waals surface area contributed by atoms with Gasteiger partial charge in [-0.25, -0.2) is 0 Å². The largest absolute Gasteiger partial charge is 0.426 e. The minimum Gasteiger partial charge on any atom is -0.426 e. The van der Waals surface area contributed by atoms with Gasteiger partial charge in [-0.15, -0.1) is 0 Å². The van der Waals surface area contributed by atoms with Crippen molar-refractivity contribution in [1.29, 1.82) is 0 Å². The number of benzene rings is 2. The average molecular weight is 388 g/mol. The molecule has 0 fully saturated rings. The van der Waals surface area contributed by atoms with Crippen molar-refractivity contribution >= 4 is 19.3 Å². The number of hydrogen-bond donors (Lipinski definition) is 0. The van der Waals surface area contributed by atoms with Crippen LogP contribution in [0.15, 0.2) is 54.6 Å². The summed E-state index contributed by atoms with van der Waals surface area (Å²) in [5.41, 5.74) is -0.452. The van der Waals surface area contributed by atoms with E-state index in [2.05, 4.69) is 0 Å². The molecule has 0 amide bonds. The van der Waals surface area contributed by atoms with Crippen LogP contribution >= 0.6 is 7.60 Å². The van der Waals surface area contributed by atoms with Gasteiger partial charge in [-0.1, -0.05) is 48.5 Å². The van der Waals surface area contributed by atoms with Crippen LogP contribution in [-0.4, -0.2) is 30.6 Å². The fourth-order valence-electron chi connectivity index (χ4n) is 3.24. The SMILES string of the molecule is CCOP(=O)(OCC)[C@@H]1C(=O)Oc2ccccc2[C@@H]1C(=O)c1ccccc1. The van der Waals surface area contributed by atoms with Crippen molar-refractivity contribution < 1.29 is 27.9 Å². The first-order valence-corrected chi connectivity index (χ1v) is 10.4. The van der Waals surface area contributed by atoms with Crippen molar-refractivity contribution in [2.75, 3.05) is 13.2 Å². The van der Waals surface area contributed by atoms with Gasteiger partial charge in [0.15, 0.2) is 11.4 Å². The number of esters is 1. The number of para-hydroxylation sites is 1. The summed E-state index contributed by atoms with van der Waals surface area (Å²) < 4.78 is 29.6. The van der Waals surface area contributed by atoms with E-state index in [4.69, 9.17) is 13.8 Å². The molecule has 1 aliphatic rings. The van der Waals surface area contributed by atoms with Crippen LogP contribution in [-0.2, 0) is 18.4 Å².